The largest absolute Gasteiger partial charge is 0.411 e. The minimum absolute atomic E-state index is 0.330. The van der Waals surface area contributed by atoms with Gasteiger partial charge in [0.05, 0.1) is 0 Å². The number of hydrogen-bond donors (Lipinski definition) is 2. The summed E-state index contributed by atoms with van der Waals surface area (Å²) in [4.78, 5) is 13.5. The van der Waals surface area contributed by atoms with E-state index in [1.165, 1.54) is 25.7 Å². The van der Waals surface area contributed by atoms with Crippen molar-refractivity contribution in [2.75, 3.05) is 13.1 Å². The Morgan fingerprint density at radius 3 is 2.53 bits per heavy atom. The lowest BCUT2D eigenvalue weighted by Crippen LogP contribution is -2.37. The summed E-state index contributed by atoms with van der Waals surface area (Å²) in [6.07, 6.45) is 6.15. The summed E-state index contributed by atoms with van der Waals surface area (Å²) in [5.74, 6) is -0.330. The quantitative estimate of drug-likeness (QED) is 0.396. The Balaban J connectivity index is 1.68. The number of rotatable bonds is 4. The van der Waals surface area contributed by atoms with Crippen molar-refractivity contribution < 1.29 is 10.0 Å². The van der Waals surface area contributed by atoms with Gasteiger partial charge in [-0.3, -0.25) is 9.69 Å². The molecule has 0 aromatic heterocycles. The SMILES string of the molecule is O=C(/C=N/O)NCCN1C2CCC1CC2. The van der Waals surface area contributed by atoms with Crippen molar-refractivity contribution in [1.82, 2.24) is 10.2 Å². The topological polar surface area (TPSA) is 64.9 Å². The van der Waals surface area contributed by atoms with E-state index in [-0.39, 0.29) is 5.91 Å². The van der Waals surface area contributed by atoms with Gasteiger partial charge in [0.25, 0.3) is 5.91 Å². The van der Waals surface area contributed by atoms with Gasteiger partial charge in [0.15, 0.2) is 0 Å². The second-order valence-electron chi connectivity index (χ2n) is 4.24. The van der Waals surface area contributed by atoms with Gasteiger partial charge in [-0.05, 0) is 25.7 Å². The highest BCUT2D eigenvalue weighted by molar-refractivity contribution is 6.25. The van der Waals surface area contributed by atoms with Gasteiger partial charge >= 0.3 is 0 Å². The van der Waals surface area contributed by atoms with E-state index in [9.17, 15) is 4.79 Å². The maximum absolute atomic E-state index is 11.0. The van der Waals surface area contributed by atoms with E-state index >= 15 is 0 Å². The van der Waals surface area contributed by atoms with Crippen LogP contribution < -0.4 is 5.32 Å². The Morgan fingerprint density at radius 1 is 1.40 bits per heavy atom. The van der Waals surface area contributed by atoms with Gasteiger partial charge in [0.1, 0.15) is 6.21 Å². The van der Waals surface area contributed by atoms with Crippen molar-refractivity contribution in [3.05, 3.63) is 0 Å². The number of carbonyl (C=O) groups is 1. The first-order valence-electron chi connectivity index (χ1n) is 5.52. The molecule has 5 nitrogen and oxygen atoms in total. The molecule has 0 saturated carbocycles. The molecule has 15 heavy (non-hydrogen) atoms. The summed E-state index contributed by atoms with van der Waals surface area (Å²) in [6.45, 7) is 1.55. The number of fused-ring (bicyclic) bond motifs is 2. The van der Waals surface area contributed by atoms with Crippen molar-refractivity contribution in [3.63, 3.8) is 0 Å². The lowest BCUT2D eigenvalue weighted by Gasteiger charge is -2.21. The monoisotopic (exact) mass is 211 g/mol. The van der Waals surface area contributed by atoms with E-state index in [0.717, 1.165) is 24.8 Å². The third-order valence-corrected chi connectivity index (χ3v) is 3.45. The first kappa shape index (κ1) is 10.4. The molecule has 2 fully saturated rings. The Kier molecular flexibility index (Phi) is 3.20. The molecule has 2 heterocycles. The minimum Gasteiger partial charge on any atom is -0.411 e. The number of hydrogen-bond acceptors (Lipinski definition) is 4. The van der Waals surface area contributed by atoms with Crippen molar-refractivity contribution in [2.24, 2.45) is 5.16 Å². The second-order valence-corrected chi connectivity index (χ2v) is 4.24. The first-order chi connectivity index (χ1) is 7.31. The average molecular weight is 211 g/mol. The lowest BCUT2D eigenvalue weighted by molar-refractivity contribution is -0.114. The second kappa shape index (κ2) is 4.61. The van der Waals surface area contributed by atoms with Crippen LogP contribution in [0.4, 0.5) is 0 Å². The number of amides is 1. The van der Waals surface area contributed by atoms with Gasteiger partial charge in [-0.25, -0.2) is 0 Å². The van der Waals surface area contributed by atoms with Gasteiger partial charge < -0.3 is 10.5 Å². The minimum atomic E-state index is -0.330. The average Bonchev–Trinajstić information content (AvgIpc) is 2.78. The smallest absolute Gasteiger partial charge is 0.265 e. The number of nitrogens with zero attached hydrogens (tertiary/aromatic N) is 2. The fourth-order valence-electron chi connectivity index (χ4n) is 2.79. The Bertz CT molecular complexity index is 247. The van der Waals surface area contributed by atoms with Gasteiger partial charge in [-0.1, -0.05) is 5.16 Å². The predicted molar refractivity (Wildman–Crippen MR) is 56.0 cm³/mol. The summed E-state index contributed by atoms with van der Waals surface area (Å²) >= 11 is 0. The van der Waals surface area contributed by atoms with Gasteiger partial charge in [-0.15, -0.1) is 0 Å². The zero-order valence-electron chi connectivity index (χ0n) is 8.72. The van der Waals surface area contributed by atoms with E-state index in [1.807, 2.05) is 0 Å². The Morgan fingerprint density at radius 2 is 2.00 bits per heavy atom. The number of nitrogens with one attached hydrogen (secondary N) is 1. The molecule has 84 valence electrons. The molecule has 0 unspecified atom stereocenters. The van der Waals surface area contributed by atoms with Crippen LogP contribution in [0.15, 0.2) is 5.16 Å². The molecule has 0 radical (unpaired) electrons. The van der Waals surface area contributed by atoms with E-state index in [4.69, 9.17) is 5.21 Å². The normalized spacial score (nSPS) is 30.1. The van der Waals surface area contributed by atoms with Crippen LogP contribution in [-0.4, -0.2) is 47.4 Å². The molecule has 2 bridgehead atoms. The molecule has 2 N–H and O–H groups in total. The zero-order chi connectivity index (χ0) is 10.7. The summed E-state index contributed by atoms with van der Waals surface area (Å²) in [5, 5.41) is 13.5. The molecule has 1 amide bonds. The fraction of sp³-hybridized carbons (Fsp3) is 0.800. The van der Waals surface area contributed by atoms with Crippen molar-refractivity contribution in [3.8, 4) is 0 Å². The molecule has 2 aliphatic heterocycles. The molecule has 2 rings (SSSR count). The number of oxime groups is 1. The van der Waals surface area contributed by atoms with Crippen LogP contribution in [0.5, 0.6) is 0 Å². The molecule has 0 aliphatic carbocycles. The highest BCUT2D eigenvalue weighted by Gasteiger charge is 2.38. The van der Waals surface area contributed by atoms with E-state index in [0.29, 0.717) is 6.54 Å². The maximum Gasteiger partial charge on any atom is 0.265 e. The first-order valence-corrected chi connectivity index (χ1v) is 5.52. The molecule has 0 atom stereocenters. The van der Waals surface area contributed by atoms with E-state index in [1.54, 1.807) is 0 Å². The van der Waals surface area contributed by atoms with Crippen LogP contribution in [0, 0.1) is 0 Å². The predicted octanol–water partition coefficient (Wildman–Crippen LogP) is 0.189. The van der Waals surface area contributed by atoms with Crippen molar-refractivity contribution in [1.29, 1.82) is 0 Å². The molecular formula is C10H17N3O2. The summed E-state index contributed by atoms with van der Waals surface area (Å²) in [6, 6.07) is 1.50. The summed E-state index contributed by atoms with van der Waals surface area (Å²) < 4.78 is 0. The third kappa shape index (κ3) is 2.28. The molecular weight excluding hydrogens is 194 g/mol. The maximum atomic E-state index is 11.0. The fourth-order valence-corrected chi connectivity index (χ4v) is 2.79. The molecule has 0 aromatic carbocycles. The molecule has 0 spiro atoms. The van der Waals surface area contributed by atoms with Crippen molar-refractivity contribution >= 4 is 12.1 Å². The van der Waals surface area contributed by atoms with Crippen LogP contribution in [0.2, 0.25) is 0 Å². The highest BCUT2D eigenvalue weighted by atomic mass is 16.4. The highest BCUT2D eigenvalue weighted by Crippen LogP contribution is 2.36. The zero-order valence-corrected chi connectivity index (χ0v) is 8.72. The molecule has 2 saturated heterocycles. The van der Waals surface area contributed by atoms with Crippen LogP contribution in [0.3, 0.4) is 0 Å². The van der Waals surface area contributed by atoms with Crippen LogP contribution in [0.25, 0.3) is 0 Å². The molecule has 2 aliphatic rings. The third-order valence-electron chi connectivity index (χ3n) is 3.45. The number of carbonyl (C=O) groups excluding carboxylic acids is 1. The van der Waals surface area contributed by atoms with E-state index < -0.39 is 0 Å². The standard InChI is InChI=1S/C10H17N3O2/c14-10(7-12-15)11-5-6-13-8-1-2-9(13)4-3-8/h7-9,15H,1-6H2,(H,11,14)/b12-7+. The Labute approximate surface area is 89.1 Å². The Hall–Kier alpha value is -1.10. The van der Waals surface area contributed by atoms with Gasteiger partial charge in [0, 0.05) is 25.2 Å². The van der Waals surface area contributed by atoms with Gasteiger partial charge in [0.2, 0.25) is 0 Å². The van der Waals surface area contributed by atoms with Crippen LogP contribution >= 0.6 is 0 Å². The molecule has 0 aromatic rings. The molecule has 5 heteroatoms. The summed E-state index contributed by atoms with van der Waals surface area (Å²) in [7, 11) is 0. The van der Waals surface area contributed by atoms with E-state index in [2.05, 4.69) is 15.4 Å². The van der Waals surface area contributed by atoms with Crippen molar-refractivity contribution in [2.45, 2.75) is 37.8 Å². The lowest BCUT2D eigenvalue weighted by atomic mass is 10.0. The van der Waals surface area contributed by atoms with Gasteiger partial charge in [-0.2, -0.15) is 0 Å². The van der Waals surface area contributed by atoms with Crippen LogP contribution in [0.1, 0.15) is 25.7 Å². The summed E-state index contributed by atoms with van der Waals surface area (Å²) in [5.41, 5.74) is 0. The van der Waals surface area contributed by atoms with Crippen LogP contribution in [-0.2, 0) is 4.79 Å².